The van der Waals surface area contributed by atoms with E-state index in [1.165, 1.54) is 11.9 Å². The monoisotopic (exact) mass is 259 g/mol. The van der Waals surface area contributed by atoms with Gasteiger partial charge in [0, 0.05) is 24.8 Å². The molecule has 2 aliphatic rings. The molecule has 1 unspecified atom stereocenters. The van der Waals surface area contributed by atoms with E-state index in [1.807, 2.05) is 18.2 Å². The smallest absolute Gasteiger partial charge is 0.266 e. The first-order valence-electron chi connectivity index (χ1n) is 6.73. The molecular weight excluding hydrogens is 242 g/mol. The molecular formula is C15H17NO3. The first-order chi connectivity index (χ1) is 9.17. The van der Waals surface area contributed by atoms with Gasteiger partial charge >= 0.3 is 0 Å². The second-order valence-electron chi connectivity index (χ2n) is 5.20. The van der Waals surface area contributed by atoms with Crippen LogP contribution in [-0.2, 0) is 15.1 Å². The van der Waals surface area contributed by atoms with Crippen molar-refractivity contribution in [3.05, 3.63) is 35.4 Å². The Balaban J connectivity index is 2.19. The number of carbonyl (C=O) groups is 2. The summed E-state index contributed by atoms with van der Waals surface area (Å²) in [6.45, 7) is 0.572. The van der Waals surface area contributed by atoms with Crippen molar-refractivity contribution in [1.29, 1.82) is 0 Å². The molecule has 2 aliphatic heterocycles. The molecule has 1 fully saturated rings. The van der Waals surface area contributed by atoms with Crippen LogP contribution in [0.2, 0.25) is 0 Å². The van der Waals surface area contributed by atoms with Crippen molar-refractivity contribution in [2.24, 2.45) is 0 Å². The molecule has 2 heterocycles. The standard InChI is InChI=1S/C15H17NO3/c1-16-13(17)11-7-3-4-8-12(11)15(14(16)18)9-5-2-6-10-19-15/h3-4,7-8H,2,5-6,9-10H2,1H3. The molecule has 1 aromatic carbocycles. The lowest BCUT2D eigenvalue weighted by molar-refractivity contribution is -0.158. The average molecular weight is 259 g/mol. The first-order valence-corrected chi connectivity index (χ1v) is 6.73. The SMILES string of the molecule is CN1C(=O)c2ccccc2C2(CCCCCO2)C1=O. The Labute approximate surface area is 112 Å². The van der Waals surface area contributed by atoms with E-state index >= 15 is 0 Å². The van der Waals surface area contributed by atoms with E-state index in [2.05, 4.69) is 0 Å². The maximum Gasteiger partial charge on any atom is 0.266 e. The Kier molecular flexibility index (Phi) is 2.90. The second-order valence-corrected chi connectivity index (χ2v) is 5.20. The van der Waals surface area contributed by atoms with Crippen LogP contribution in [0, 0.1) is 0 Å². The first kappa shape index (κ1) is 12.4. The predicted octanol–water partition coefficient (Wildman–Crippen LogP) is 2.08. The number of hydrogen-bond donors (Lipinski definition) is 0. The Hall–Kier alpha value is -1.68. The van der Waals surface area contributed by atoms with E-state index in [-0.39, 0.29) is 11.8 Å². The van der Waals surface area contributed by atoms with Gasteiger partial charge in [0.2, 0.25) is 0 Å². The normalized spacial score (nSPS) is 27.3. The zero-order valence-electron chi connectivity index (χ0n) is 11.0. The zero-order valence-corrected chi connectivity index (χ0v) is 11.0. The highest BCUT2D eigenvalue weighted by molar-refractivity contribution is 6.12. The predicted molar refractivity (Wildman–Crippen MR) is 69.6 cm³/mol. The summed E-state index contributed by atoms with van der Waals surface area (Å²) in [5.74, 6) is -0.461. The number of rotatable bonds is 0. The van der Waals surface area contributed by atoms with Crippen molar-refractivity contribution in [2.45, 2.75) is 31.3 Å². The molecule has 0 bridgehead atoms. The molecule has 4 nitrogen and oxygen atoms in total. The molecule has 1 atom stereocenters. The minimum atomic E-state index is -0.949. The van der Waals surface area contributed by atoms with Gasteiger partial charge in [-0.2, -0.15) is 0 Å². The van der Waals surface area contributed by atoms with Crippen LogP contribution in [-0.4, -0.2) is 30.4 Å². The summed E-state index contributed by atoms with van der Waals surface area (Å²) in [7, 11) is 1.54. The summed E-state index contributed by atoms with van der Waals surface area (Å²) in [6, 6.07) is 7.31. The molecule has 100 valence electrons. The van der Waals surface area contributed by atoms with Crippen LogP contribution in [0.3, 0.4) is 0 Å². The van der Waals surface area contributed by atoms with Gasteiger partial charge in [-0.25, -0.2) is 0 Å². The second kappa shape index (κ2) is 4.46. The molecule has 0 radical (unpaired) electrons. The summed E-state index contributed by atoms with van der Waals surface area (Å²) < 4.78 is 5.95. The fraction of sp³-hybridized carbons (Fsp3) is 0.467. The number of ether oxygens (including phenoxy) is 1. The minimum Gasteiger partial charge on any atom is -0.360 e. The largest absolute Gasteiger partial charge is 0.360 e. The van der Waals surface area contributed by atoms with Gasteiger partial charge in [-0.1, -0.05) is 24.6 Å². The summed E-state index contributed by atoms with van der Waals surface area (Å²) >= 11 is 0. The molecule has 1 aromatic rings. The lowest BCUT2D eigenvalue weighted by Crippen LogP contribution is -2.54. The van der Waals surface area contributed by atoms with Gasteiger partial charge in [0.15, 0.2) is 5.60 Å². The third kappa shape index (κ3) is 1.70. The van der Waals surface area contributed by atoms with Crippen molar-refractivity contribution in [3.8, 4) is 0 Å². The molecule has 0 saturated carbocycles. The number of hydrogen-bond acceptors (Lipinski definition) is 3. The third-order valence-electron chi connectivity index (χ3n) is 4.07. The Morgan fingerprint density at radius 3 is 2.79 bits per heavy atom. The van der Waals surface area contributed by atoms with Crippen molar-refractivity contribution < 1.29 is 14.3 Å². The number of carbonyl (C=O) groups excluding carboxylic acids is 2. The number of amides is 2. The van der Waals surface area contributed by atoms with Crippen molar-refractivity contribution in [1.82, 2.24) is 4.90 Å². The highest BCUT2D eigenvalue weighted by atomic mass is 16.5. The van der Waals surface area contributed by atoms with Crippen LogP contribution < -0.4 is 0 Å². The van der Waals surface area contributed by atoms with Gasteiger partial charge in [-0.3, -0.25) is 14.5 Å². The number of benzene rings is 1. The highest BCUT2D eigenvalue weighted by Crippen LogP contribution is 2.41. The van der Waals surface area contributed by atoms with Crippen LogP contribution in [0.1, 0.15) is 41.6 Å². The highest BCUT2D eigenvalue weighted by Gasteiger charge is 2.50. The van der Waals surface area contributed by atoms with Crippen LogP contribution in [0.4, 0.5) is 0 Å². The van der Waals surface area contributed by atoms with Crippen molar-refractivity contribution in [3.63, 3.8) is 0 Å². The van der Waals surface area contributed by atoms with Gasteiger partial charge in [0.1, 0.15) is 0 Å². The van der Waals surface area contributed by atoms with Gasteiger partial charge in [0.05, 0.1) is 0 Å². The van der Waals surface area contributed by atoms with Gasteiger partial charge < -0.3 is 4.74 Å². The van der Waals surface area contributed by atoms with E-state index in [0.29, 0.717) is 18.6 Å². The molecule has 0 N–H and O–H groups in total. The summed E-state index contributed by atoms with van der Waals surface area (Å²) in [5.41, 5.74) is 0.381. The summed E-state index contributed by atoms with van der Waals surface area (Å²) in [5, 5.41) is 0. The van der Waals surface area contributed by atoms with E-state index in [4.69, 9.17) is 4.74 Å². The Morgan fingerprint density at radius 1 is 1.16 bits per heavy atom. The minimum absolute atomic E-state index is 0.224. The number of nitrogens with zero attached hydrogens (tertiary/aromatic N) is 1. The van der Waals surface area contributed by atoms with Crippen molar-refractivity contribution in [2.75, 3.05) is 13.7 Å². The van der Waals surface area contributed by atoms with Gasteiger partial charge in [0.25, 0.3) is 11.8 Å². The van der Waals surface area contributed by atoms with Gasteiger partial charge in [-0.15, -0.1) is 0 Å². The van der Waals surface area contributed by atoms with Crippen LogP contribution in [0.5, 0.6) is 0 Å². The molecule has 19 heavy (non-hydrogen) atoms. The zero-order chi connectivity index (χ0) is 13.5. The summed E-state index contributed by atoms with van der Waals surface area (Å²) in [4.78, 5) is 26.0. The molecule has 0 aliphatic carbocycles. The van der Waals surface area contributed by atoms with Crippen LogP contribution in [0.15, 0.2) is 24.3 Å². The number of fused-ring (bicyclic) bond motifs is 2. The average Bonchev–Trinajstić information content (AvgIpc) is 2.70. The van der Waals surface area contributed by atoms with E-state index in [0.717, 1.165) is 24.8 Å². The van der Waals surface area contributed by atoms with Crippen LogP contribution in [0.25, 0.3) is 0 Å². The number of likely N-dealkylation sites (N-methyl/N-ethyl adjacent to an activating group) is 1. The fourth-order valence-corrected chi connectivity index (χ4v) is 3.03. The molecule has 2 amide bonds. The van der Waals surface area contributed by atoms with E-state index in [1.54, 1.807) is 6.07 Å². The van der Waals surface area contributed by atoms with Crippen molar-refractivity contribution >= 4 is 11.8 Å². The van der Waals surface area contributed by atoms with Gasteiger partial charge in [-0.05, 0) is 25.3 Å². The van der Waals surface area contributed by atoms with Crippen LogP contribution >= 0.6 is 0 Å². The maximum atomic E-state index is 12.6. The number of imide groups is 1. The molecule has 4 heteroatoms. The summed E-state index contributed by atoms with van der Waals surface area (Å²) in [6.07, 6.45) is 3.63. The molecule has 3 rings (SSSR count). The Bertz CT molecular complexity index is 530. The fourth-order valence-electron chi connectivity index (χ4n) is 3.03. The molecule has 1 spiro atoms. The molecule has 1 saturated heterocycles. The lowest BCUT2D eigenvalue weighted by atomic mass is 9.81. The van der Waals surface area contributed by atoms with E-state index < -0.39 is 5.60 Å². The molecule has 0 aromatic heterocycles. The topological polar surface area (TPSA) is 46.6 Å². The quantitative estimate of drug-likeness (QED) is 0.670. The lowest BCUT2D eigenvalue weighted by Gasteiger charge is -2.39. The Morgan fingerprint density at radius 2 is 1.95 bits per heavy atom. The maximum absolute atomic E-state index is 12.6. The van der Waals surface area contributed by atoms with E-state index in [9.17, 15) is 9.59 Å². The third-order valence-corrected chi connectivity index (χ3v) is 4.07.